The van der Waals surface area contributed by atoms with Gasteiger partial charge in [-0.2, -0.15) is 0 Å². The van der Waals surface area contributed by atoms with E-state index < -0.39 is 0 Å². The first-order chi connectivity index (χ1) is 7.63. The monoisotopic (exact) mass is 225 g/mol. The van der Waals surface area contributed by atoms with E-state index in [0.717, 1.165) is 32.7 Å². The van der Waals surface area contributed by atoms with Gasteiger partial charge in [0, 0.05) is 25.6 Å². The van der Waals surface area contributed by atoms with E-state index in [2.05, 4.69) is 11.8 Å². The molecule has 0 aromatic heterocycles. The van der Waals surface area contributed by atoms with Crippen LogP contribution in [0.4, 0.5) is 0 Å². The summed E-state index contributed by atoms with van der Waals surface area (Å²) in [6.07, 6.45) is 5.11. The summed E-state index contributed by atoms with van der Waals surface area (Å²) >= 11 is 0. The van der Waals surface area contributed by atoms with Crippen molar-refractivity contribution < 1.29 is 9.53 Å². The zero-order chi connectivity index (χ0) is 12.0. The summed E-state index contributed by atoms with van der Waals surface area (Å²) < 4.78 is 5.59. The lowest BCUT2D eigenvalue weighted by Crippen LogP contribution is -2.42. The van der Waals surface area contributed by atoms with Gasteiger partial charge in [-0.05, 0) is 12.5 Å². The number of carbonyl (C=O) groups is 1. The van der Waals surface area contributed by atoms with Gasteiger partial charge in [0.2, 0.25) is 0 Å². The van der Waals surface area contributed by atoms with Crippen molar-refractivity contribution in [1.82, 2.24) is 4.90 Å². The van der Waals surface area contributed by atoms with Crippen LogP contribution < -0.4 is 0 Å². The molecule has 0 aromatic carbocycles. The van der Waals surface area contributed by atoms with Gasteiger partial charge in [0.1, 0.15) is 0 Å². The number of allylic oxidation sites excluding steroid dienone is 1. The minimum Gasteiger partial charge on any atom is -0.376 e. The van der Waals surface area contributed by atoms with Crippen molar-refractivity contribution in [3.05, 3.63) is 12.2 Å². The molecule has 0 N–H and O–H groups in total. The van der Waals surface area contributed by atoms with E-state index in [4.69, 9.17) is 4.74 Å². The van der Waals surface area contributed by atoms with Crippen LogP contribution in [-0.4, -0.2) is 43.0 Å². The van der Waals surface area contributed by atoms with E-state index in [9.17, 15) is 4.79 Å². The van der Waals surface area contributed by atoms with E-state index in [1.54, 1.807) is 6.08 Å². The van der Waals surface area contributed by atoms with Gasteiger partial charge < -0.3 is 4.74 Å². The molecule has 92 valence electrons. The molecule has 1 fully saturated rings. The third kappa shape index (κ3) is 4.45. The first-order valence-electron chi connectivity index (χ1n) is 6.17. The van der Waals surface area contributed by atoms with Crippen LogP contribution in [0.25, 0.3) is 0 Å². The molecule has 3 nitrogen and oxygen atoms in total. The second-order valence-corrected chi connectivity index (χ2v) is 4.62. The molecule has 1 aliphatic heterocycles. The lowest BCUT2D eigenvalue weighted by Gasteiger charge is -2.31. The number of hydrogen-bond acceptors (Lipinski definition) is 3. The fourth-order valence-electron chi connectivity index (χ4n) is 1.70. The molecular formula is C13H23NO2. The van der Waals surface area contributed by atoms with Crippen LogP contribution in [0.5, 0.6) is 0 Å². The summed E-state index contributed by atoms with van der Waals surface area (Å²) in [5.74, 6) is 0.310. The quantitative estimate of drug-likeness (QED) is 0.669. The van der Waals surface area contributed by atoms with Crippen LogP contribution in [0, 0.1) is 5.92 Å². The van der Waals surface area contributed by atoms with Gasteiger partial charge in [-0.1, -0.05) is 26.8 Å². The van der Waals surface area contributed by atoms with Crippen LogP contribution in [-0.2, 0) is 9.53 Å². The number of carbonyl (C=O) groups excluding carboxylic acids is 1. The van der Waals surface area contributed by atoms with Gasteiger partial charge in [-0.15, -0.1) is 0 Å². The van der Waals surface area contributed by atoms with Crippen molar-refractivity contribution in [3.8, 4) is 0 Å². The van der Waals surface area contributed by atoms with E-state index in [-0.39, 0.29) is 11.7 Å². The lowest BCUT2D eigenvalue weighted by molar-refractivity contribution is -0.117. The Labute approximate surface area is 98.5 Å². The average molecular weight is 225 g/mol. The van der Waals surface area contributed by atoms with Crippen LogP contribution in [0.1, 0.15) is 27.2 Å². The number of hydrogen-bond donors (Lipinski definition) is 0. The van der Waals surface area contributed by atoms with Gasteiger partial charge in [-0.25, -0.2) is 0 Å². The molecule has 0 aromatic rings. The normalized spacial score (nSPS) is 23.1. The topological polar surface area (TPSA) is 29.5 Å². The van der Waals surface area contributed by atoms with Gasteiger partial charge in [0.25, 0.3) is 0 Å². The summed E-state index contributed by atoms with van der Waals surface area (Å²) in [5, 5.41) is 0. The van der Waals surface area contributed by atoms with Crippen LogP contribution >= 0.6 is 0 Å². The molecule has 1 atom stereocenters. The highest BCUT2D eigenvalue weighted by Gasteiger charge is 2.17. The Morgan fingerprint density at radius 1 is 1.56 bits per heavy atom. The van der Waals surface area contributed by atoms with Gasteiger partial charge >= 0.3 is 0 Å². The smallest absolute Gasteiger partial charge is 0.157 e. The number of nitrogens with zero attached hydrogens (tertiary/aromatic N) is 1. The first-order valence-corrected chi connectivity index (χ1v) is 6.17. The minimum absolute atomic E-state index is 0.101. The second kappa shape index (κ2) is 6.81. The summed E-state index contributed by atoms with van der Waals surface area (Å²) in [7, 11) is 0. The fraction of sp³-hybridized carbons (Fsp3) is 0.769. The summed E-state index contributed by atoms with van der Waals surface area (Å²) in [6, 6.07) is 0. The largest absolute Gasteiger partial charge is 0.376 e. The Morgan fingerprint density at radius 3 is 2.94 bits per heavy atom. The molecule has 0 bridgehead atoms. The van der Waals surface area contributed by atoms with Crippen LogP contribution in [0.3, 0.4) is 0 Å². The maximum Gasteiger partial charge on any atom is 0.157 e. The number of ketones is 1. The van der Waals surface area contributed by atoms with Gasteiger partial charge in [0.15, 0.2) is 5.78 Å². The predicted octanol–water partition coefficient (Wildman–Crippen LogP) is 1.88. The van der Waals surface area contributed by atoms with Gasteiger partial charge in [0.05, 0.1) is 12.7 Å². The zero-order valence-corrected chi connectivity index (χ0v) is 10.6. The highest BCUT2D eigenvalue weighted by Crippen LogP contribution is 2.07. The molecule has 0 saturated carbocycles. The Morgan fingerprint density at radius 2 is 2.31 bits per heavy atom. The van der Waals surface area contributed by atoms with Crippen LogP contribution in [0.15, 0.2) is 12.2 Å². The van der Waals surface area contributed by atoms with Crippen LogP contribution in [0.2, 0.25) is 0 Å². The third-order valence-corrected chi connectivity index (χ3v) is 2.89. The Hall–Kier alpha value is -0.670. The number of ether oxygens (including phenoxy) is 1. The maximum absolute atomic E-state index is 11.4. The summed E-state index contributed by atoms with van der Waals surface area (Å²) in [5.41, 5.74) is 0. The lowest BCUT2D eigenvalue weighted by atomic mass is 10.1. The molecule has 1 heterocycles. The van der Waals surface area contributed by atoms with E-state index in [1.165, 1.54) is 0 Å². The number of morpholine rings is 1. The average Bonchev–Trinajstić information content (AvgIpc) is 2.29. The number of rotatable bonds is 5. The highest BCUT2D eigenvalue weighted by molar-refractivity contribution is 5.91. The third-order valence-electron chi connectivity index (χ3n) is 2.89. The van der Waals surface area contributed by atoms with E-state index in [1.807, 2.05) is 19.9 Å². The molecule has 1 saturated heterocycles. The SMILES string of the molecule is CC[C@@H]1CN(C/C=C/C(=O)C(C)C)CCO1. The van der Waals surface area contributed by atoms with E-state index in [0.29, 0.717) is 6.10 Å². The van der Waals surface area contributed by atoms with Crippen molar-refractivity contribution in [3.63, 3.8) is 0 Å². The molecule has 1 aliphatic rings. The predicted molar refractivity (Wildman–Crippen MR) is 65.5 cm³/mol. The maximum atomic E-state index is 11.4. The molecule has 16 heavy (non-hydrogen) atoms. The molecule has 0 radical (unpaired) electrons. The minimum atomic E-state index is 0.101. The Balaban J connectivity index is 2.29. The first kappa shape index (κ1) is 13.4. The summed E-state index contributed by atoms with van der Waals surface area (Å²) in [6.45, 7) is 9.62. The molecule has 1 rings (SSSR count). The zero-order valence-electron chi connectivity index (χ0n) is 10.6. The molecule has 0 unspecified atom stereocenters. The van der Waals surface area contributed by atoms with Crippen molar-refractivity contribution in [2.75, 3.05) is 26.2 Å². The van der Waals surface area contributed by atoms with Crippen molar-refractivity contribution in [2.45, 2.75) is 33.3 Å². The van der Waals surface area contributed by atoms with Crippen molar-refractivity contribution >= 4 is 5.78 Å². The van der Waals surface area contributed by atoms with Gasteiger partial charge in [-0.3, -0.25) is 9.69 Å². The summed E-state index contributed by atoms with van der Waals surface area (Å²) in [4.78, 5) is 13.7. The Bertz CT molecular complexity index is 248. The van der Waals surface area contributed by atoms with E-state index >= 15 is 0 Å². The standard InChI is InChI=1S/C13H23NO2/c1-4-12-10-14(8-9-16-12)7-5-6-13(15)11(2)3/h5-6,11-12H,4,7-10H2,1-3H3/b6-5+/t12-/m1/s1. The highest BCUT2D eigenvalue weighted by atomic mass is 16.5. The Kier molecular flexibility index (Phi) is 5.71. The molecule has 3 heteroatoms. The molecular weight excluding hydrogens is 202 g/mol. The molecule has 0 amide bonds. The second-order valence-electron chi connectivity index (χ2n) is 4.62. The fourth-order valence-corrected chi connectivity index (χ4v) is 1.70. The molecule has 0 spiro atoms. The molecule has 0 aliphatic carbocycles. The van der Waals surface area contributed by atoms with Crippen molar-refractivity contribution in [1.29, 1.82) is 0 Å². The van der Waals surface area contributed by atoms with Crippen molar-refractivity contribution in [2.24, 2.45) is 5.92 Å².